The number of carbonyl (C=O) groups excluding carboxylic acids is 2. The molecule has 2 aromatic rings. The highest BCUT2D eigenvalue weighted by atomic mass is 32.1. The Morgan fingerprint density at radius 3 is 2.80 bits per heavy atom. The molecule has 7 nitrogen and oxygen atoms in total. The molecule has 2 amide bonds. The maximum atomic E-state index is 12.4. The van der Waals surface area contributed by atoms with Crippen LogP contribution in [0.4, 0.5) is 0 Å². The van der Waals surface area contributed by atoms with Crippen molar-refractivity contribution in [2.75, 3.05) is 0 Å². The van der Waals surface area contributed by atoms with E-state index in [-0.39, 0.29) is 29.7 Å². The fraction of sp³-hybridized carbons (Fsp3) is 0.529. The van der Waals surface area contributed by atoms with Gasteiger partial charge in [0.2, 0.25) is 11.8 Å². The Morgan fingerprint density at radius 1 is 1.20 bits per heavy atom. The Hall–Kier alpha value is -2.22. The molecule has 0 aromatic carbocycles. The zero-order valence-corrected chi connectivity index (χ0v) is 14.6. The molecule has 8 heteroatoms. The predicted octanol–water partition coefficient (Wildman–Crippen LogP) is 1.35. The van der Waals surface area contributed by atoms with Gasteiger partial charge in [-0.15, -0.1) is 11.3 Å². The van der Waals surface area contributed by atoms with Gasteiger partial charge in [-0.3, -0.25) is 25.2 Å². The molecule has 25 heavy (non-hydrogen) atoms. The van der Waals surface area contributed by atoms with E-state index in [2.05, 4.69) is 20.8 Å². The molecule has 2 aliphatic carbocycles. The maximum Gasteiger partial charge on any atom is 0.259 e. The minimum Gasteiger partial charge on any atom is -0.310 e. The van der Waals surface area contributed by atoms with Crippen LogP contribution in [0.15, 0.2) is 4.79 Å². The van der Waals surface area contributed by atoms with E-state index >= 15 is 0 Å². The Balaban J connectivity index is 1.42. The van der Waals surface area contributed by atoms with Crippen LogP contribution in [0.1, 0.15) is 48.4 Å². The van der Waals surface area contributed by atoms with Crippen LogP contribution in [0, 0.1) is 5.92 Å². The Morgan fingerprint density at radius 2 is 2.00 bits per heavy atom. The summed E-state index contributed by atoms with van der Waals surface area (Å²) in [7, 11) is 0. The molecule has 1 fully saturated rings. The number of carbonyl (C=O) groups is 2. The number of aromatic nitrogens is 2. The summed E-state index contributed by atoms with van der Waals surface area (Å²) in [6, 6.07) is 0. The van der Waals surface area contributed by atoms with E-state index in [9.17, 15) is 14.4 Å². The van der Waals surface area contributed by atoms with E-state index in [0.29, 0.717) is 12.2 Å². The first-order valence-corrected chi connectivity index (χ1v) is 9.55. The van der Waals surface area contributed by atoms with Crippen LogP contribution >= 0.6 is 11.3 Å². The number of H-pyrrole nitrogens is 1. The summed E-state index contributed by atoms with van der Waals surface area (Å²) in [4.78, 5) is 45.1. The summed E-state index contributed by atoms with van der Waals surface area (Å²) in [6.45, 7) is 0. The van der Waals surface area contributed by atoms with Crippen molar-refractivity contribution >= 4 is 33.4 Å². The van der Waals surface area contributed by atoms with Gasteiger partial charge in [-0.2, -0.15) is 0 Å². The highest BCUT2D eigenvalue weighted by molar-refractivity contribution is 7.18. The van der Waals surface area contributed by atoms with E-state index < -0.39 is 0 Å². The lowest BCUT2D eigenvalue weighted by Gasteiger charge is -2.09. The van der Waals surface area contributed by atoms with Crippen molar-refractivity contribution in [3.63, 3.8) is 0 Å². The quantitative estimate of drug-likeness (QED) is 0.716. The number of rotatable bonds is 4. The molecule has 4 rings (SSSR count). The zero-order chi connectivity index (χ0) is 17.4. The van der Waals surface area contributed by atoms with Gasteiger partial charge in [-0.05, 0) is 44.1 Å². The van der Waals surface area contributed by atoms with E-state index in [1.54, 1.807) is 11.3 Å². The van der Waals surface area contributed by atoms with Crippen molar-refractivity contribution in [2.24, 2.45) is 5.92 Å². The van der Waals surface area contributed by atoms with Crippen LogP contribution in [0.25, 0.3) is 10.2 Å². The number of fused-ring (bicyclic) bond motifs is 3. The van der Waals surface area contributed by atoms with Crippen LogP contribution in [0.2, 0.25) is 0 Å². The summed E-state index contributed by atoms with van der Waals surface area (Å²) >= 11 is 1.60. The van der Waals surface area contributed by atoms with Gasteiger partial charge in [0.25, 0.3) is 5.56 Å². The molecule has 0 bridgehead atoms. The number of hydrogen-bond acceptors (Lipinski definition) is 5. The monoisotopic (exact) mass is 360 g/mol. The highest BCUT2D eigenvalue weighted by Gasteiger charge is 2.29. The molecule has 132 valence electrons. The first kappa shape index (κ1) is 16.3. The van der Waals surface area contributed by atoms with Crippen LogP contribution in [0.5, 0.6) is 0 Å². The number of hydrogen-bond donors (Lipinski definition) is 3. The van der Waals surface area contributed by atoms with Crippen molar-refractivity contribution in [3.05, 3.63) is 26.6 Å². The Labute approximate surface area is 148 Å². The Kier molecular flexibility index (Phi) is 4.29. The predicted molar refractivity (Wildman–Crippen MR) is 94.2 cm³/mol. The fourth-order valence-electron chi connectivity index (χ4n) is 3.20. The first-order valence-electron chi connectivity index (χ1n) is 8.74. The van der Waals surface area contributed by atoms with Gasteiger partial charge in [0.05, 0.1) is 5.39 Å². The summed E-state index contributed by atoms with van der Waals surface area (Å²) < 4.78 is 0. The molecular formula is C17H20N4O3S. The topological polar surface area (TPSA) is 104 Å². The number of nitrogens with one attached hydrogen (secondary N) is 3. The molecule has 0 saturated heterocycles. The standard InChI is InChI=1S/C17H20N4O3S/c22-13(20-21-15(23)9-5-6-9)8-7-12-18-16(24)14-10-3-1-2-4-11(10)25-17(14)19-12/h9H,1-8H2,(H,20,22)(H,21,23)(H,18,19,24). The van der Waals surface area contributed by atoms with E-state index in [4.69, 9.17) is 0 Å². The minimum atomic E-state index is -0.290. The second-order valence-corrected chi connectivity index (χ2v) is 7.80. The number of amides is 2. The van der Waals surface area contributed by atoms with Crippen LogP contribution in [-0.4, -0.2) is 21.8 Å². The smallest absolute Gasteiger partial charge is 0.259 e. The molecule has 0 radical (unpaired) electrons. The average molecular weight is 360 g/mol. The number of aryl methyl sites for hydroxylation is 3. The summed E-state index contributed by atoms with van der Waals surface area (Å²) in [5.74, 6) is 0.137. The van der Waals surface area contributed by atoms with Crippen LogP contribution in [-0.2, 0) is 28.9 Å². The van der Waals surface area contributed by atoms with E-state index in [1.807, 2.05) is 0 Å². The average Bonchev–Trinajstić information content (AvgIpc) is 3.38. The van der Waals surface area contributed by atoms with Crippen molar-refractivity contribution in [2.45, 2.75) is 51.4 Å². The number of aromatic amines is 1. The maximum absolute atomic E-state index is 12.4. The van der Waals surface area contributed by atoms with Crippen molar-refractivity contribution in [1.82, 2.24) is 20.8 Å². The second kappa shape index (κ2) is 6.59. The lowest BCUT2D eigenvalue weighted by molar-refractivity contribution is -0.129. The van der Waals surface area contributed by atoms with Crippen molar-refractivity contribution in [3.8, 4) is 0 Å². The highest BCUT2D eigenvalue weighted by Crippen LogP contribution is 2.33. The van der Waals surface area contributed by atoms with Gasteiger partial charge < -0.3 is 4.98 Å². The van der Waals surface area contributed by atoms with Gasteiger partial charge in [0, 0.05) is 23.6 Å². The van der Waals surface area contributed by atoms with Gasteiger partial charge in [-0.1, -0.05) is 0 Å². The van der Waals surface area contributed by atoms with Crippen molar-refractivity contribution in [1.29, 1.82) is 0 Å². The number of thiophene rings is 1. The molecule has 0 unspecified atom stereocenters. The SMILES string of the molecule is O=C(CCc1nc2sc3c(c2c(=O)[nH]1)CCCC3)NNC(=O)C1CC1. The Bertz CT molecular complexity index is 897. The molecule has 0 aliphatic heterocycles. The summed E-state index contributed by atoms with van der Waals surface area (Å²) in [5, 5.41) is 0.726. The molecule has 2 aliphatic rings. The van der Waals surface area contributed by atoms with Gasteiger partial charge in [-0.25, -0.2) is 4.98 Å². The third kappa shape index (κ3) is 3.44. The van der Waals surface area contributed by atoms with E-state index in [1.165, 1.54) is 4.88 Å². The van der Waals surface area contributed by atoms with Gasteiger partial charge in [0.1, 0.15) is 10.7 Å². The third-order valence-corrected chi connectivity index (χ3v) is 5.92. The molecule has 3 N–H and O–H groups in total. The normalized spacial score (nSPS) is 16.5. The molecule has 0 atom stereocenters. The lowest BCUT2D eigenvalue weighted by atomic mass is 9.97. The van der Waals surface area contributed by atoms with Gasteiger partial charge >= 0.3 is 0 Å². The van der Waals surface area contributed by atoms with Crippen molar-refractivity contribution < 1.29 is 9.59 Å². The summed E-state index contributed by atoms with van der Waals surface area (Å²) in [5.41, 5.74) is 5.89. The zero-order valence-electron chi connectivity index (χ0n) is 13.8. The van der Waals surface area contributed by atoms with E-state index in [0.717, 1.165) is 54.3 Å². The number of nitrogens with zero attached hydrogens (tertiary/aromatic N) is 1. The third-order valence-electron chi connectivity index (χ3n) is 4.74. The molecule has 0 spiro atoms. The molecular weight excluding hydrogens is 340 g/mol. The first-order chi connectivity index (χ1) is 12.1. The van der Waals surface area contributed by atoms with Gasteiger partial charge in [0.15, 0.2) is 0 Å². The fourth-order valence-corrected chi connectivity index (χ4v) is 4.48. The molecule has 1 saturated carbocycles. The molecule has 2 aromatic heterocycles. The largest absolute Gasteiger partial charge is 0.310 e. The summed E-state index contributed by atoms with van der Waals surface area (Å²) in [6.07, 6.45) is 6.51. The minimum absolute atomic E-state index is 0.0468. The second-order valence-electron chi connectivity index (χ2n) is 6.72. The number of hydrazine groups is 1. The lowest BCUT2D eigenvalue weighted by Crippen LogP contribution is -2.42. The van der Waals surface area contributed by atoms with Crippen LogP contribution < -0.4 is 16.4 Å². The molecule has 2 heterocycles. The van der Waals surface area contributed by atoms with Crippen LogP contribution in [0.3, 0.4) is 0 Å².